The summed E-state index contributed by atoms with van der Waals surface area (Å²) in [5, 5.41) is 3.55. The summed E-state index contributed by atoms with van der Waals surface area (Å²) in [4.78, 5) is 30.4. The number of benzene rings is 7. The maximum absolute atomic E-state index is 15.5. The lowest BCUT2D eigenvalue weighted by atomic mass is 9.80. The van der Waals surface area contributed by atoms with Crippen LogP contribution in [0.1, 0.15) is 64.7 Å². The van der Waals surface area contributed by atoms with E-state index in [0.717, 1.165) is 22.3 Å². The fraction of sp³-hybridized carbons (Fsp3) is 0.200. The Balaban J connectivity index is 1.14. The van der Waals surface area contributed by atoms with E-state index in [9.17, 15) is 13.6 Å². The molecule has 0 unspecified atom stereocenters. The topological polar surface area (TPSA) is 86.3 Å². The third-order valence-corrected chi connectivity index (χ3v) is 12.3. The SMILES string of the molecule is O=C1OC[C@H](c2ccccc2)N1C(=O)[C@@H](CCC1(c2ccc(F)cc2)OCCCO1)[C@@H](Nc1ccc(F)cc1)c1ccc(OC(c2ccccc2)(c2ccccc2)c2ccccc2)cc1. The molecular weight excluding hydrogens is 823 g/mol. The number of carbonyl (C=O) groups excluding carboxylic acids is 2. The largest absolute Gasteiger partial charge is 0.473 e. The second-order valence-electron chi connectivity index (χ2n) is 16.2. The average molecular weight is 871 g/mol. The minimum atomic E-state index is -1.30. The first-order valence-electron chi connectivity index (χ1n) is 21.9. The van der Waals surface area contributed by atoms with Crippen LogP contribution in [0.2, 0.25) is 0 Å². The Morgan fingerprint density at radius 2 is 1.18 bits per heavy atom. The third kappa shape index (κ3) is 9.14. The van der Waals surface area contributed by atoms with Crippen LogP contribution in [-0.2, 0) is 30.4 Å². The first-order valence-corrected chi connectivity index (χ1v) is 21.9. The lowest BCUT2D eigenvalue weighted by molar-refractivity contribution is -0.281. The number of hydrogen-bond donors (Lipinski definition) is 1. The molecule has 10 heteroatoms. The summed E-state index contributed by atoms with van der Waals surface area (Å²) in [6, 6.07) is 57.5. The molecule has 0 aromatic heterocycles. The van der Waals surface area contributed by atoms with Crippen molar-refractivity contribution in [1.29, 1.82) is 0 Å². The number of halogens is 2. The van der Waals surface area contributed by atoms with Crippen molar-refractivity contribution in [2.24, 2.45) is 5.92 Å². The molecule has 9 rings (SSSR count). The van der Waals surface area contributed by atoms with E-state index in [1.54, 1.807) is 24.3 Å². The van der Waals surface area contributed by atoms with Crippen molar-refractivity contribution in [3.63, 3.8) is 0 Å². The molecule has 328 valence electrons. The second kappa shape index (κ2) is 19.3. The highest BCUT2D eigenvalue weighted by Gasteiger charge is 2.46. The Bertz CT molecular complexity index is 2550. The number of cyclic esters (lactones) is 1. The molecule has 7 aromatic rings. The van der Waals surface area contributed by atoms with Crippen LogP contribution in [0, 0.1) is 17.6 Å². The summed E-state index contributed by atoms with van der Waals surface area (Å²) < 4.78 is 54.3. The van der Waals surface area contributed by atoms with Gasteiger partial charge in [-0.1, -0.05) is 146 Å². The highest BCUT2D eigenvalue weighted by atomic mass is 19.1. The lowest BCUT2D eigenvalue weighted by Gasteiger charge is -2.40. The highest BCUT2D eigenvalue weighted by molar-refractivity contribution is 5.95. The summed E-state index contributed by atoms with van der Waals surface area (Å²) in [6.45, 7) is 0.764. The molecule has 2 heterocycles. The molecule has 2 saturated heterocycles. The fourth-order valence-electron chi connectivity index (χ4n) is 9.03. The van der Waals surface area contributed by atoms with Crippen molar-refractivity contribution in [3.05, 3.63) is 239 Å². The second-order valence-corrected chi connectivity index (χ2v) is 16.2. The summed E-state index contributed by atoms with van der Waals surface area (Å²) in [6.07, 6.45) is 0.213. The maximum Gasteiger partial charge on any atom is 0.417 e. The fourth-order valence-corrected chi connectivity index (χ4v) is 9.03. The molecule has 0 spiro atoms. The molecule has 0 aliphatic carbocycles. The van der Waals surface area contributed by atoms with Crippen molar-refractivity contribution in [2.45, 2.75) is 42.7 Å². The van der Waals surface area contributed by atoms with Crippen LogP contribution in [0.5, 0.6) is 5.75 Å². The van der Waals surface area contributed by atoms with Crippen LogP contribution >= 0.6 is 0 Å². The van der Waals surface area contributed by atoms with Crippen LogP contribution in [-0.4, -0.2) is 36.7 Å². The molecule has 65 heavy (non-hydrogen) atoms. The predicted octanol–water partition coefficient (Wildman–Crippen LogP) is 11.9. The maximum atomic E-state index is 15.5. The minimum absolute atomic E-state index is 0.0128. The lowest BCUT2D eigenvalue weighted by Crippen LogP contribution is -2.44. The van der Waals surface area contributed by atoms with Gasteiger partial charge in [-0.25, -0.2) is 18.5 Å². The van der Waals surface area contributed by atoms with Crippen LogP contribution in [0.25, 0.3) is 0 Å². The summed E-state index contributed by atoms with van der Waals surface area (Å²) in [5.74, 6) is -3.02. The number of ether oxygens (including phenoxy) is 4. The van der Waals surface area contributed by atoms with Gasteiger partial charge >= 0.3 is 6.09 Å². The number of carbonyl (C=O) groups is 2. The zero-order chi connectivity index (χ0) is 44.6. The van der Waals surface area contributed by atoms with Gasteiger partial charge in [-0.3, -0.25) is 4.79 Å². The normalized spacial score (nSPS) is 16.9. The quantitative estimate of drug-likeness (QED) is 0.103. The smallest absolute Gasteiger partial charge is 0.417 e. The standard InChI is InChI=1S/C55H48F2N2O6/c56-45-26-24-41(25-27-45)54(63-36-13-37-64-54)35-34-49(52(60)59-50(38-62-53(59)61)39-14-5-1-6-15-39)51(58-47-30-28-46(57)29-31-47)40-22-32-48(33-23-40)65-55(42-16-7-2-8-17-42,43-18-9-3-10-19-43)44-20-11-4-12-21-44/h1-12,14-33,49-51,58H,13,34-38H2/t49-,50+,51-/m0/s1. The average Bonchev–Trinajstić information content (AvgIpc) is 3.76. The van der Waals surface area contributed by atoms with E-state index in [1.807, 2.05) is 109 Å². The van der Waals surface area contributed by atoms with E-state index >= 15 is 4.79 Å². The number of hydrogen-bond acceptors (Lipinski definition) is 7. The Labute approximate surface area is 377 Å². The number of nitrogens with one attached hydrogen (secondary N) is 1. The van der Waals surface area contributed by atoms with Gasteiger partial charge in [-0.05, 0) is 72.5 Å². The van der Waals surface area contributed by atoms with Gasteiger partial charge in [0.25, 0.3) is 0 Å². The Morgan fingerprint density at radius 1 is 0.677 bits per heavy atom. The van der Waals surface area contributed by atoms with Crippen molar-refractivity contribution < 1.29 is 37.3 Å². The van der Waals surface area contributed by atoms with Crippen LogP contribution < -0.4 is 10.1 Å². The van der Waals surface area contributed by atoms with Crippen molar-refractivity contribution in [2.75, 3.05) is 25.1 Å². The van der Waals surface area contributed by atoms with E-state index in [-0.39, 0.29) is 19.4 Å². The van der Waals surface area contributed by atoms with Gasteiger partial charge in [0, 0.05) is 34.4 Å². The van der Waals surface area contributed by atoms with Crippen molar-refractivity contribution >= 4 is 17.7 Å². The van der Waals surface area contributed by atoms with Gasteiger partial charge in [0.1, 0.15) is 30.0 Å². The molecule has 3 atom stereocenters. The van der Waals surface area contributed by atoms with Crippen molar-refractivity contribution in [1.82, 2.24) is 4.90 Å². The number of anilines is 1. The molecule has 0 saturated carbocycles. The number of nitrogens with zero attached hydrogens (tertiary/aromatic N) is 1. The Kier molecular flexibility index (Phi) is 12.8. The Morgan fingerprint density at radius 3 is 1.72 bits per heavy atom. The van der Waals surface area contributed by atoms with E-state index in [1.165, 1.54) is 29.2 Å². The summed E-state index contributed by atoms with van der Waals surface area (Å²) >= 11 is 0. The zero-order valence-corrected chi connectivity index (χ0v) is 35.6. The minimum Gasteiger partial charge on any atom is -0.473 e. The molecule has 2 aliphatic heterocycles. The van der Waals surface area contributed by atoms with E-state index in [2.05, 4.69) is 41.7 Å². The molecule has 0 bridgehead atoms. The van der Waals surface area contributed by atoms with Gasteiger partial charge in [0.2, 0.25) is 5.91 Å². The molecule has 2 fully saturated rings. The number of amides is 2. The van der Waals surface area contributed by atoms with E-state index in [0.29, 0.717) is 42.2 Å². The summed E-state index contributed by atoms with van der Waals surface area (Å²) in [7, 11) is 0. The van der Waals surface area contributed by atoms with Crippen LogP contribution in [0.3, 0.4) is 0 Å². The van der Waals surface area contributed by atoms with Crippen LogP contribution in [0.15, 0.2) is 194 Å². The third-order valence-electron chi connectivity index (χ3n) is 12.3. The predicted molar refractivity (Wildman–Crippen MR) is 244 cm³/mol. The zero-order valence-electron chi connectivity index (χ0n) is 35.6. The molecular formula is C55H48F2N2O6. The first-order chi connectivity index (χ1) is 31.8. The van der Waals surface area contributed by atoms with Gasteiger partial charge in [-0.2, -0.15) is 0 Å². The van der Waals surface area contributed by atoms with Crippen LogP contribution in [0.4, 0.5) is 19.3 Å². The molecule has 2 aliphatic rings. The number of rotatable bonds is 15. The van der Waals surface area contributed by atoms with E-state index < -0.39 is 53.0 Å². The number of imide groups is 1. The molecule has 7 aromatic carbocycles. The van der Waals surface area contributed by atoms with Gasteiger partial charge in [0.05, 0.1) is 25.2 Å². The van der Waals surface area contributed by atoms with Gasteiger partial charge in [0.15, 0.2) is 11.4 Å². The summed E-state index contributed by atoms with van der Waals surface area (Å²) in [5.41, 5.74) is 4.32. The van der Waals surface area contributed by atoms with Gasteiger partial charge in [-0.15, -0.1) is 0 Å². The monoisotopic (exact) mass is 870 g/mol. The molecule has 2 amide bonds. The van der Waals surface area contributed by atoms with Crippen molar-refractivity contribution in [3.8, 4) is 5.75 Å². The molecule has 8 nitrogen and oxygen atoms in total. The molecule has 0 radical (unpaired) electrons. The first kappa shape index (κ1) is 43.1. The Hall–Kier alpha value is -7.14. The van der Waals surface area contributed by atoms with Gasteiger partial charge < -0.3 is 24.3 Å². The van der Waals surface area contributed by atoms with E-state index in [4.69, 9.17) is 18.9 Å². The highest BCUT2D eigenvalue weighted by Crippen LogP contribution is 2.44. The molecule has 1 N–H and O–H groups in total.